The van der Waals surface area contributed by atoms with Crippen LogP contribution in [0.1, 0.15) is 30.8 Å². The number of ketones is 1. The van der Waals surface area contributed by atoms with Crippen LogP contribution in [-0.2, 0) is 0 Å². The highest BCUT2D eigenvalue weighted by atomic mass is 35.5. The largest absolute Gasteiger partial charge is 0.453 e. The fourth-order valence-corrected chi connectivity index (χ4v) is 3.21. The van der Waals surface area contributed by atoms with Gasteiger partial charge in [-0.2, -0.15) is 0 Å². The molecule has 1 fully saturated rings. The SMILES string of the molecule is CC(C)C1(C(=O)c2cc3cc(Cl)ccc3o2)CCNC1. The Morgan fingerprint density at radius 1 is 1.40 bits per heavy atom. The molecule has 1 atom stereocenters. The summed E-state index contributed by atoms with van der Waals surface area (Å²) in [7, 11) is 0. The molecular formula is C16H18ClNO2. The van der Waals surface area contributed by atoms with Crippen LogP contribution in [0.5, 0.6) is 0 Å². The lowest BCUT2D eigenvalue weighted by Gasteiger charge is -2.29. The van der Waals surface area contributed by atoms with E-state index >= 15 is 0 Å². The van der Waals surface area contributed by atoms with Crippen LogP contribution in [0.25, 0.3) is 11.0 Å². The number of Topliss-reactive ketones (excluding diaryl/α,β-unsaturated/α-hetero) is 1. The van der Waals surface area contributed by atoms with Gasteiger partial charge in [-0.15, -0.1) is 0 Å². The van der Waals surface area contributed by atoms with Crippen molar-refractivity contribution in [3.63, 3.8) is 0 Å². The van der Waals surface area contributed by atoms with Crippen molar-refractivity contribution in [1.82, 2.24) is 5.32 Å². The lowest BCUT2D eigenvalue weighted by molar-refractivity contribution is 0.0711. The monoisotopic (exact) mass is 291 g/mol. The predicted molar refractivity (Wildman–Crippen MR) is 80.3 cm³/mol. The van der Waals surface area contributed by atoms with Crippen molar-refractivity contribution < 1.29 is 9.21 Å². The second-order valence-corrected chi connectivity index (χ2v) is 6.30. The number of hydrogen-bond donors (Lipinski definition) is 1. The summed E-state index contributed by atoms with van der Waals surface area (Å²) in [5.74, 6) is 0.825. The van der Waals surface area contributed by atoms with E-state index in [0.29, 0.717) is 16.4 Å². The molecule has 1 aliphatic rings. The van der Waals surface area contributed by atoms with Crippen molar-refractivity contribution in [2.24, 2.45) is 11.3 Å². The molecule has 3 nitrogen and oxygen atoms in total. The van der Waals surface area contributed by atoms with Crippen LogP contribution in [0.4, 0.5) is 0 Å². The maximum absolute atomic E-state index is 12.9. The maximum Gasteiger partial charge on any atom is 0.205 e. The highest BCUT2D eigenvalue weighted by Gasteiger charge is 2.45. The van der Waals surface area contributed by atoms with E-state index in [0.717, 1.165) is 24.9 Å². The first-order valence-electron chi connectivity index (χ1n) is 6.97. The van der Waals surface area contributed by atoms with Crippen LogP contribution < -0.4 is 5.32 Å². The number of nitrogens with one attached hydrogen (secondary N) is 1. The molecule has 0 aliphatic carbocycles. The van der Waals surface area contributed by atoms with Gasteiger partial charge in [0.25, 0.3) is 0 Å². The molecule has 2 aromatic rings. The molecule has 1 aromatic heterocycles. The van der Waals surface area contributed by atoms with Crippen LogP contribution in [0, 0.1) is 11.3 Å². The van der Waals surface area contributed by atoms with Crippen molar-refractivity contribution in [2.45, 2.75) is 20.3 Å². The lowest BCUT2D eigenvalue weighted by atomic mass is 9.72. The Bertz CT molecular complexity index is 654. The Labute approximate surface area is 123 Å². The third-order valence-electron chi connectivity index (χ3n) is 4.45. The van der Waals surface area contributed by atoms with E-state index in [4.69, 9.17) is 16.0 Å². The van der Waals surface area contributed by atoms with Gasteiger partial charge in [-0.1, -0.05) is 25.4 Å². The van der Waals surface area contributed by atoms with E-state index in [9.17, 15) is 4.79 Å². The second-order valence-electron chi connectivity index (χ2n) is 5.86. The zero-order valence-electron chi connectivity index (χ0n) is 11.7. The summed E-state index contributed by atoms with van der Waals surface area (Å²) in [4.78, 5) is 12.9. The Morgan fingerprint density at radius 3 is 2.85 bits per heavy atom. The molecular weight excluding hydrogens is 274 g/mol. The molecule has 1 unspecified atom stereocenters. The summed E-state index contributed by atoms with van der Waals surface area (Å²) in [5.41, 5.74) is 0.361. The third-order valence-corrected chi connectivity index (χ3v) is 4.68. The van der Waals surface area contributed by atoms with E-state index in [1.54, 1.807) is 6.07 Å². The van der Waals surface area contributed by atoms with Crippen LogP contribution in [0.15, 0.2) is 28.7 Å². The van der Waals surface area contributed by atoms with Gasteiger partial charge in [0.2, 0.25) is 5.78 Å². The summed E-state index contributed by atoms with van der Waals surface area (Å²) in [6.45, 7) is 5.81. The molecule has 0 amide bonds. The van der Waals surface area contributed by atoms with Gasteiger partial charge in [-0.25, -0.2) is 0 Å². The van der Waals surface area contributed by atoms with Gasteiger partial charge in [-0.3, -0.25) is 4.79 Å². The Morgan fingerprint density at radius 2 is 2.20 bits per heavy atom. The van der Waals surface area contributed by atoms with Gasteiger partial charge in [0, 0.05) is 17.0 Å². The lowest BCUT2D eigenvalue weighted by Crippen LogP contribution is -2.38. The Balaban J connectivity index is 2.03. The second kappa shape index (κ2) is 4.90. The zero-order valence-corrected chi connectivity index (χ0v) is 12.5. The number of carbonyl (C=O) groups is 1. The van der Waals surface area contributed by atoms with E-state index in [2.05, 4.69) is 19.2 Å². The minimum absolute atomic E-state index is 0.102. The number of rotatable bonds is 3. The van der Waals surface area contributed by atoms with Gasteiger partial charge in [0.05, 0.1) is 5.41 Å². The first kappa shape index (κ1) is 13.7. The first-order chi connectivity index (χ1) is 9.53. The molecule has 1 aromatic carbocycles. The molecule has 1 aliphatic heterocycles. The smallest absolute Gasteiger partial charge is 0.205 e. The number of halogens is 1. The van der Waals surface area contributed by atoms with E-state index in [1.165, 1.54) is 0 Å². The standard InChI is InChI=1S/C16H18ClNO2/c1-10(2)16(5-6-18-9-16)15(19)14-8-11-7-12(17)3-4-13(11)20-14/h3-4,7-8,10,18H,5-6,9H2,1-2H3. The quantitative estimate of drug-likeness (QED) is 0.872. The van der Waals surface area contributed by atoms with Gasteiger partial charge in [0.15, 0.2) is 5.76 Å². The zero-order chi connectivity index (χ0) is 14.3. The van der Waals surface area contributed by atoms with Crippen molar-refractivity contribution in [3.8, 4) is 0 Å². The summed E-state index contributed by atoms with van der Waals surface area (Å²) in [6.07, 6.45) is 0.862. The minimum Gasteiger partial charge on any atom is -0.453 e. The Hall–Kier alpha value is -1.32. The van der Waals surface area contributed by atoms with E-state index in [1.807, 2.05) is 18.2 Å². The fourth-order valence-electron chi connectivity index (χ4n) is 3.03. The topological polar surface area (TPSA) is 42.2 Å². The minimum atomic E-state index is -0.350. The summed E-state index contributed by atoms with van der Waals surface area (Å²) >= 11 is 5.98. The first-order valence-corrected chi connectivity index (χ1v) is 7.35. The van der Waals surface area contributed by atoms with Gasteiger partial charge in [-0.05, 0) is 43.1 Å². The molecule has 1 saturated heterocycles. The van der Waals surface area contributed by atoms with Crippen LogP contribution in [-0.4, -0.2) is 18.9 Å². The molecule has 0 radical (unpaired) electrons. The number of furan rings is 1. The number of hydrogen-bond acceptors (Lipinski definition) is 3. The highest BCUT2D eigenvalue weighted by molar-refractivity contribution is 6.31. The molecule has 4 heteroatoms. The number of fused-ring (bicyclic) bond motifs is 1. The average Bonchev–Trinajstić information content (AvgIpc) is 3.04. The predicted octanol–water partition coefficient (Wildman–Crippen LogP) is 3.90. The summed E-state index contributed by atoms with van der Waals surface area (Å²) in [5, 5.41) is 4.84. The number of benzene rings is 1. The van der Waals surface area contributed by atoms with Gasteiger partial charge < -0.3 is 9.73 Å². The molecule has 0 bridgehead atoms. The number of carbonyl (C=O) groups excluding carboxylic acids is 1. The third kappa shape index (κ3) is 2.05. The van der Waals surface area contributed by atoms with Crippen molar-refractivity contribution >= 4 is 28.4 Å². The van der Waals surface area contributed by atoms with Crippen molar-refractivity contribution in [1.29, 1.82) is 0 Å². The molecule has 106 valence electrons. The van der Waals surface area contributed by atoms with E-state index < -0.39 is 0 Å². The Kier molecular flexibility index (Phi) is 3.35. The normalized spacial score (nSPS) is 22.8. The molecule has 3 rings (SSSR count). The van der Waals surface area contributed by atoms with Crippen LogP contribution in [0.3, 0.4) is 0 Å². The fraction of sp³-hybridized carbons (Fsp3) is 0.438. The van der Waals surface area contributed by atoms with Gasteiger partial charge >= 0.3 is 0 Å². The van der Waals surface area contributed by atoms with Gasteiger partial charge in [0.1, 0.15) is 5.58 Å². The van der Waals surface area contributed by atoms with Crippen LogP contribution >= 0.6 is 11.6 Å². The average molecular weight is 292 g/mol. The molecule has 0 saturated carbocycles. The van der Waals surface area contributed by atoms with E-state index in [-0.39, 0.29) is 17.1 Å². The molecule has 2 heterocycles. The highest BCUT2D eigenvalue weighted by Crippen LogP contribution is 2.38. The van der Waals surface area contributed by atoms with Crippen LogP contribution in [0.2, 0.25) is 5.02 Å². The molecule has 0 spiro atoms. The van der Waals surface area contributed by atoms with Crippen molar-refractivity contribution in [2.75, 3.05) is 13.1 Å². The summed E-state index contributed by atoms with van der Waals surface area (Å²) < 4.78 is 5.74. The summed E-state index contributed by atoms with van der Waals surface area (Å²) in [6, 6.07) is 7.22. The van der Waals surface area contributed by atoms with Crippen molar-refractivity contribution in [3.05, 3.63) is 35.0 Å². The molecule has 1 N–H and O–H groups in total. The molecule has 20 heavy (non-hydrogen) atoms. The maximum atomic E-state index is 12.9.